The van der Waals surface area contributed by atoms with E-state index in [2.05, 4.69) is 15.3 Å². The predicted molar refractivity (Wildman–Crippen MR) is 102 cm³/mol. The third kappa shape index (κ3) is 2.98. The van der Waals surface area contributed by atoms with Crippen LogP contribution < -0.4 is 10.1 Å². The van der Waals surface area contributed by atoms with E-state index in [4.69, 9.17) is 4.74 Å². The van der Waals surface area contributed by atoms with E-state index in [1.807, 2.05) is 18.2 Å². The molecular weight excluding hydrogens is 346 g/mol. The molecule has 1 aromatic heterocycles. The highest BCUT2D eigenvalue weighted by Crippen LogP contribution is 2.55. The first-order valence-electron chi connectivity index (χ1n) is 9.58. The third-order valence-corrected chi connectivity index (χ3v) is 7.32. The zero-order valence-electron chi connectivity index (χ0n) is 15.1. The average molecular weight is 372 g/mol. The summed E-state index contributed by atoms with van der Waals surface area (Å²) >= 11 is 1.48. The lowest BCUT2D eigenvalue weighted by molar-refractivity contribution is -0.124. The summed E-state index contributed by atoms with van der Waals surface area (Å²) in [6, 6.07) is 5.77. The summed E-state index contributed by atoms with van der Waals surface area (Å²) in [5.41, 5.74) is 1.93. The van der Waals surface area contributed by atoms with Crippen molar-refractivity contribution in [3.63, 3.8) is 0 Å². The minimum atomic E-state index is 0.0909. The molecule has 2 aromatic rings. The van der Waals surface area contributed by atoms with Crippen LogP contribution >= 0.6 is 11.8 Å². The van der Waals surface area contributed by atoms with E-state index < -0.39 is 0 Å². The normalized spacial score (nSPS) is 32.1. The van der Waals surface area contributed by atoms with Crippen molar-refractivity contribution in [1.29, 1.82) is 0 Å². The zero-order valence-corrected chi connectivity index (χ0v) is 15.9. The van der Waals surface area contributed by atoms with Gasteiger partial charge in [-0.05, 0) is 68.4 Å². The van der Waals surface area contributed by atoms with E-state index in [0.29, 0.717) is 5.75 Å². The van der Waals surface area contributed by atoms with Gasteiger partial charge in [0.2, 0.25) is 5.91 Å². The van der Waals surface area contributed by atoms with Crippen molar-refractivity contribution < 1.29 is 9.53 Å². The molecule has 1 amide bonds. The lowest BCUT2D eigenvalue weighted by atomic mass is 9.53. The fourth-order valence-corrected chi connectivity index (χ4v) is 6.58. The lowest BCUT2D eigenvalue weighted by Crippen LogP contribution is -2.60. The van der Waals surface area contributed by atoms with Gasteiger partial charge in [0, 0.05) is 11.6 Å². The van der Waals surface area contributed by atoms with Crippen LogP contribution in [0, 0.1) is 17.8 Å². The number of benzene rings is 1. The van der Waals surface area contributed by atoms with E-state index in [0.717, 1.165) is 39.7 Å². The molecule has 6 heteroatoms. The van der Waals surface area contributed by atoms with E-state index in [1.165, 1.54) is 50.3 Å². The largest absolute Gasteiger partial charge is 0.497 e. The number of hydrogen-bond acceptors (Lipinski definition) is 4. The van der Waals surface area contributed by atoms with Crippen molar-refractivity contribution in [2.75, 3.05) is 12.9 Å². The zero-order chi connectivity index (χ0) is 17.7. The highest BCUT2D eigenvalue weighted by Gasteiger charge is 2.51. The molecule has 0 spiro atoms. The molecule has 4 aliphatic carbocycles. The number of carbonyl (C=O) groups is 1. The topological polar surface area (TPSA) is 67.0 Å². The van der Waals surface area contributed by atoms with Gasteiger partial charge in [-0.2, -0.15) is 0 Å². The quantitative estimate of drug-likeness (QED) is 0.786. The van der Waals surface area contributed by atoms with Gasteiger partial charge >= 0.3 is 0 Å². The molecule has 5 nitrogen and oxygen atoms in total. The fraction of sp³-hybridized carbons (Fsp3) is 0.600. The van der Waals surface area contributed by atoms with Crippen LogP contribution in [0.25, 0.3) is 11.0 Å². The Morgan fingerprint density at radius 2 is 1.96 bits per heavy atom. The Kier molecular flexibility index (Phi) is 3.92. The number of imidazole rings is 1. The standard InChI is InChI=1S/C20H25N3O2S/c1-25-15-2-3-16-17(7-15)22-19(21-16)26-11-18(24)23-20-8-12-4-13(9-20)6-14(5-12)10-20/h2-3,7,12-14H,4-6,8-11H2,1H3,(H,21,22)(H,23,24). The van der Waals surface area contributed by atoms with Crippen LogP contribution in [-0.4, -0.2) is 34.3 Å². The summed E-state index contributed by atoms with van der Waals surface area (Å²) in [4.78, 5) is 20.5. The monoisotopic (exact) mass is 371 g/mol. The number of carbonyl (C=O) groups excluding carboxylic acids is 1. The Morgan fingerprint density at radius 3 is 2.62 bits per heavy atom. The Hall–Kier alpha value is -1.69. The number of nitrogens with zero attached hydrogens (tertiary/aromatic N) is 1. The summed E-state index contributed by atoms with van der Waals surface area (Å²) < 4.78 is 5.25. The average Bonchev–Trinajstić information content (AvgIpc) is 3.00. The Bertz CT molecular complexity index is 811. The predicted octanol–water partition coefficient (Wildman–Crippen LogP) is 3.75. The van der Waals surface area contributed by atoms with E-state index in [1.54, 1.807) is 7.11 Å². The van der Waals surface area contributed by atoms with Crippen LogP contribution in [0.1, 0.15) is 38.5 Å². The molecule has 1 aromatic carbocycles. The van der Waals surface area contributed by atoms with E-state index in [9.17, 15) is 4.79 Å². The number of amides is 1. The molecule has 138 valence electrons. The number of fused-ring (bicyclic) bond motifs is 1. The number of thioether (sulfide) groups is 1. The van der Waals surface area contributed by atoms with Crippen LogP contribution in [0.15, 0.2) is 23.4 Å². The van der Waals surface area contributed by atoms with Crippen molar-refractivity contribution in [3.05, 3.63) is 18.2 Å². The maximum Gasteiger partial charge on any atom is 0.230 e. The van der Waals surface area contributed by atoms with Gasteiger partial charge < -0.3 is 15.0 Å². The van der Waals surface area contributed by atoms with Gasteiger partial charge in [0.15, 0.2) is 5.16 Å². The van der Waals surface area contributed by atoms with Crippen LogP contribution in [0.5, 0.6) is 5.75 Å². The molecule has 4 saturated carbocycles. The molecule has 26 heavy (non-hydrogen) atoms. The van der Waals surface area contributed by atoms with Crippen molar-refractivity contribution in [1.82, 2.24) is 15.3 Å². The van der Waals surface area contributed by atoms with E-state index >= 15 is 0 Å². The molecule has 0 saturated heterocycles. The molecule has 4 fully saturated rings. The molecular formula is C20H25N3O2S. The number of rotatable bonds is 5. The maximum absolute atomic E-state index is 12.6. The van der Waals surface area contributed by atoms with Gasteiger partial charge in [-0.25, -0.2) is 4.98 Å². The minimum absolute atomic E-state index is 0.0909. The summed E-state index contributed by atoms with van der Waals surface area (Å²) in [6.07, 6.45) is 7.77. The van der Waals surface area contributed by atoms with Gasteiger partial charge in [-0.3, -0.25) is 4.79 Å². The number of hydrogen-bond donors (Lipinski definition) is 2. The molecule has 0 atom stereocenters. The number of ether oxygens (including phenoxy) is 1. The van der Waals surface area contributed by atoms with Crippen molar-refractivity contribution >= 4 is 28.7 Å². The molecule has 2 N–H and O–H groups in total. The van der Waals surface area contributed by atoms with Gasteiger partial charge in [-0.15, -0.1) is 0 Å². The van der Waals surface area contributed by atoms with Crippen molar-refractivity contribution in [2.24, 2.45) is 17.8 Å². The van der Waals surface area contributed by atoms with Crippen molar-refractivity contribution in [2.45, 2.75) is 49.2 Å². The number of aromatic nitrogens is 2. The Balaban J connectivity index is 1.22. The lowest BCUT2D eigenvalue weighted by Gasteiger charge is -2.56. The molecule has 0 unspecified atom stereocenters. The minimum Gasteiger partial charge on any atom is -0.497 e. The maximum atomic E-state index is 12.6. The SMILES string of the molecule is COc1ccc2nc(SCC(=O)NC34CC5CC(CC(C5)C3)C4)[nH]c2c1. The molecule has 1 heterocycles. The van der Waals surface area contributed by atoms with Crippen LogP contribution in [0.4, 0.5) is 0 Å². The van der Waals surface area contributed by atoms with Gasteiger partial charge in [0.05, 0.1) is 23.9 Å². The smallest absolute Gasteiger partial charge is 0.230 e. The Morgan fingerprint density at radius 1 is 1.27 bits per heavy atom. The number of H-pyrrole nitrogens is 1. The number of nitrogens with one attached hydrogen (secondary N) is 2. The first-order chi connectivity index (χ1) is 12.6. The van der Waals surface area contributed by atoms with E-state index in [-0.39, 0.29) is 11.4 Å². The summed E-state index contributed by atoms with van der Waals surface area (Å²) in [7, 11) is 1.65. The number of methoxy groups -OCH3 is 1. The highest BCUT2D eigenvalue weighted by atomic mass is 32.2. The Labute approximate surface area is 157 Å². The molecule has 6 rings (SSSR count). The second kappa shape index (κ2) is 6.19. The molecule has 0 aliphatic heterocycles. The van der Waals surface area contributed by atoms with Gasteiger partial charge in [0.1, 0.15) is 5.75 Å². The summed E-state index contributed by atoms with van der Waals surface area (Å²) in [5, 5.41) is 4.21. The molecule has 0 radical (unpaired) electrons. The third-order valence-electron chi connectivity index (χ3n) is 6.45. The van der Waals surface area contributed by atoms with Crippen LogP contribution in [0.2, 0.25) is 0 Å². The first kappa shape index (κ1) is 16.5. The second-order valence-corrected chi connectivity index (χ2v) is 9.42. The second-order valence-electron chi connectivity index (χ2n) is 8.46. The van der Waals surface area contributed by atoms with Crippen molar-refractivity contribution in [3.8, 4) is 5.75 Å². The van der Waals surface area contributed by atoms with Gasteiger partial charge in [-0.1, -0.05) is 11.8 Å². The molecule has 4 bridgehead atoms. The first-order valence-corrected chi connectivity index (χ1v) is 10.6. The van der Waals surface area contributed by atoms with Crippen LogP contribution in [0.3, 0.4) is 0 Å². The fourth-order valence-electron chi connectivity index (χ4n) is 5.89. The highest BCUT2D eigenvalue weighted by molar-refractivity contribution is 7.99. The van der Waals surface area contributed by atoms with Gasteiger partial charge in [0.25, 0.3) is 0 Å². The number of aromatic amines is 1. The summed E-state index contributed by atoms with van der Waals surface area (Å²) in [5.74, 6) is 3.91. The molecule has 4 aliphatic rings. The summed E-state index contributed by atoms with van der Waals surface area (Å²) in [6.45, 7) is 0. The van der Waals surface area contributed by atoms with Crippen LogP contribution in [-0.2, 0) is 4.79 Å².